The first-order valence-electron chi connectivity index (χ1n) is 3.23. The Morgan fingerprint density at radius 1 is 1.40 bits per heavy atom. The van der Waals surface area contributed by atoms with Crippen LogP contribution >= 0.6 is 0 Å². The molecule has 0 atom stereocenters. The van der Waals surface area contributed by atoms with Gasteiger partial charge in [-0.3, -0.25) is 0 Å². The third-order valence-corrected chi connectivity index (χ3v) is 1.45. The molecule has 0 fully saturated rings. The summed E-state index contributed by atoms with van der Waals surface area (Å²) in [6, 6.07) is 0. The van der Waals surface area contributed by atoms with Gasteiger partial charge >= 0.3 is 0 Å². The first-order chi connectivity index (χ1) is 4.84. The maximum atomic E-state index is 3.90. The van der Waals surface area contributed by atoms with Gasteiger partial charge in [-0.2, -0.15) is 0 Å². The third-order valence-electron chi connectivity index (χ3n) is 1.45. The summed E-state index contributed by atoms with van der Waals surface area (Å²) in [5, 5.41) is 0. The van der Waals surface area contributed by atoms with E-state index in [2.05, 4.69) is 9.97 Å². The molecule has 0 spiro atoms. The standard InChI is InChI=1S/C8H10N2/c1-3-7(2)8-4-9-6-10-5-8/h3-6H,1-2H3/b7-3+. The van der Waals surface area contributed by atoms with Gasteiger partial charge in [0.05, 0.1) is 0 Å². The molecule has 0 bridgehead atoms. The number of allylic oxidation sites excluding steroid dienone is 2. The Morgan fingerprint density at radius 2 is 2.00 bits per heavy atom. The largest absolute Gasteiger partial charge is 0.244 e. The number of hydrogen-bond acceptors (Lipinski definition) is 2. The lowest BCUT2D eigenvalue weighted by atomic mass is 10.1. The van der Waals surface area contributed by atoms with Gasteiger partial charge < -0.3 is 0 Å². The van der Waals surface area contributed by atoms with Crippen molar-refractivity contribution in [1.29, 1.82) is 0 Å². The first-order valence-corrected chi connectivity index (χ1v) is 3.23. The van der Waals surface area contributed by atoms with Gasteiger partial charge in [0.2, 0.25) is 0 Å². The van der Waals surface area contributed by atoms with Crippen molar-refractivity contribution < 1.29 is 0 Å². The highest BCUT2D eigenvalue weighted by Crippen LogP contribution is 2.08. The van der Waals surface area contributed by atoms with Crippen LogP contribution in [0.15, 0.2) is 24.8 Å². The fourth-order valence-electron chi connectivity index (χ4n) is 0.669. The van der Waals surface area contributed by atoms with Crippen molar-refractivity contribution in [3.63, 3.8) is 0 Å². The number of aromatic nitrogens is 2. The SMILES string of the molecule is C/C=C(\C)c1cncnc1. The molecular weight excluding hydrogens is 124 g/mol. The summed E-state index contributed by atoms with van der Waals surface area (Å²) in [6.45, 7) is 4.04. The highest BCUT2D eigenvalue weighted by Gasteiger charge is 1.90. The van der Waals surface area contributed by atoms with Crippen molar-refractivity contribution in [2.75, 3.05) is 0 Å². The van der Waals surface area contributed by atoms with Gasteiger partial charge in [0.15, 0.2) is 0 Å². The third kappa shape index (κ3) is 1.41. The molecule has 2 heteroatoms. The van der Waals surface area contributed by atoms with E-state index in [4.69, 9.17) is 0 Å². The van der Waals surface area contributed by atoms with E-state index in [0.717, 1.165) is 5.56 Å². The molecule has 1 heterocycles. The molecule has 0 aliphatic rings. The van der Waals surface area contributed by atoms with E-state index < -0.39 is 0 Å². The Balaban J connectivity index is 2.96. The van der Waals surface area contributed by atoms with Crippen molar-refractivity contribution in [3.8, 4) is 0 Å². The average molecular weight is 134 g/mol. The number of rotatable bonds is 1. The second-order valence-electron chi connectivity index (χ2n) is 2.10. The molecule has 0 amide bonds. The van der Waals surface area contributed by atoms with E-state index >= 15 is 0 Å². The topological polar surface area (TPSA) is 25.8 Å². The second kappa shape index (κ2) is 3.11. The van der Waals surface area contributed by atoms with E-state index in [9.17, 15) is 0 Å². The normalized spacial score (nSPS) is 11.6. The summed E-state index contributed by atoms with van der Waals surface area (Å²) >= 11 is 0. The lowest BCUT2D eigenvalue weighted by Gasteiger charge is -1.95. The summed E-state index contributed by atoms with van der Waals surface area (Å²) < 4.78 is 0. The fraction of sp³-hybridized carbons (Fsp3) is 0.250. The van der Waals surface area contributed by atoms with Crippen LogP contribution in [0.3, 0.4) is 0 Å². The second-order valence-corrected chi connectivity index (χ2v) is 2.10. The molecule has 0 N–H and O–H groups in total. The molecule has 0 saturated carbocycles. The molecule has 0 aromatic carbocycles. The first kappa shape index (κ1) is 6.93. The minimum absolute atomic E-state index is 1.09. The molecule has 10 heavy (non-hydrogen) atoms. The molecule has 2 nitrogen and oxygen atoms in total. The predicted molar refractivity (Wildman–Crippen MR) is 41.4 cm³/mol. The Hall–Kier alpha value is -1.18. The van der Waals surface area contributed by atoms with Crippen LogP contribution in [0.25, 0.3) is 5.57 Å². The monoisotopic (exact) mass is 134 g/mol. The molecule has 52 valence electrons. The molecule has 0 aliphatic carbocycles. The summed E-state index contributed by atoms with van der Waals surface area (Å²) in [7, 11) is 0. The van der Waals surface area contributed by atoms with Gasteiger partial charge in [0, 0.05) is 18.0 Å². The number of nitrogens with zero attached hydrogens (tertiary/aromatic N) is 2. The van der Waals surface area contributed by atoms with Crippen LogP contribution in [0.1, 0.15) is 19.4 Å². The van der Waals surface area contributed by atoms with E-state index in [1.807, 2.05) is 32.3 Å². The molecule has 0 saturated heterocycles. The molecule has 1 aromatic heterocycles. The minimum atomic E-state index is 1.09. The van der Waals surface area contributed by atoms with Crippen LogP contribution in [-0.2, 0) is 0 Å². The summed E-state index contributed by atoms with van der Waals surface area (Å²) in [6.07, 6.45) is 7.19. The van der Waals surface area contributed by atoms with Crippen LogP contribution < -0.4 is 0 Å². The molecule has 0 unspecified atom stereocenters. The van der Waals surface area contributed by atoms with Crippen LogP contribution in [0.2, 0.25) is 0 Å². The van der Waals surface area contributed by atoms with Gasteiger partial charge in [-0.15, -0.1) is 0 Å². The molecule has 1 rings (SSSR count). The van der Waals surface area contributed by atoms with Gasteiger partial charge in [-0.25, -0.2) is 9.97 Å². The highest BCUT2D eigenvalue weighted by atomic mass is 14.8. The smallest absolute Gasteiger partial charge is 0.115 e. The summed E-state index contributed by atoms with van der Waals surface area (Å²) in [4.78, 5) is 7.80. The highest BCUT2D eigenvalue weighted by molar-refractivity contribution is 5.61. The fourth-order valence-corrected chi connectivity index (χ4v) is 0.669. The lowest BCUT2D eigenvalue weighted by Crippen LogP contribution is -1.82. The average Bonchev–Trinajstić information content (AvgIpc) is 2.05. The molecule has 0 radical (unpaired) electrons. The van der Waals surface area contributed by atoms with Crippen molar-refractivity contribution in [2.45, 2.75) is 13.8 Å². The van der Waals surface area contributed by atoms with E-state index in [-0.39, 0.29) is 0 Å². The zero-order chi connectivity index (χ0) is 7.40. The van der Waals surface area contributed by atoms with Gasteiger partial charge in [0.1, 0.15) is 6.33 Å². The van der Waals surface area contributed by atoms with Gasteiger partial charge in [-0.1, -0.05) is 6.08 Å². The van der Waals surface area contributed by atoms with Gasteiger partial charge in [-0.05, 0) is 19.4 Å². The Bertz CT molecular complexity index is 226. The molecule has 0 aliphatic heterocycles. The van der Waals surface area contributed by atoms with E-state index in [1.54, 1.807) is 0 Å². The predicted octanol–water partition coefficient (Wildman–Crippen LogP) is 1.90. The van der Waals surface area contributed by atoms with Crippen LogP contribution in [0.4, 0.5) is 0 Å². The Morgan fingerprint density at radius 3 is 2.50 bits per heavy atom. The number of hydrogen-bond donors (Lipinski definition) is 0. The zero-order valence-electron chi connectivity index (χ0n) is 6.20. The summed E-state index contributed by atoms with van der Waals surface area (Å²) in [5.41, 5.74) is 2.30. The van der Waals surface area contributed by atoms with E-state index in [0.29, 0.717) is 0 Å². The Labute approximate surface area is 60.6 Å². The van der Waals surface area contributed by atoms with Crippen molar-refractivity contribution >= 4 is 5.57 Å². The van der Waals surface area contributed by atoms with Crippen molar-refractivity contribution in [1.82, 2.24) is 9.97 Å². The van der Waals surface area contributed by atoms with E-state index in [1.165, 1.54) is 11.9 Å². The lowest BCUT2D eigenvalue weighted by molar-refractivity contribution is 1.15. The minimum Gasteiger partial charge on any atom is -0.244 e. The van der Waals surface area contributed by atoms with Crippen LogP contribution in [0.5, 0.6) is 0 Å². The molecule has 1 aromatic rings. The summed E-state index contributed by atoms with van der Waals surface area (Å²) in [5.74, 6) is 0. The zero-order valence-corrected chi connectivity index (χ0v) is 6.20. The van der Waals surface area contributed by atoms with Crippen LogP contribution in [0, 0.1) is 0 Å². The quantitative estimate of drug-likeness (QED) is 0.586. The van der Waals surface area contributed by atoms with Crippen molar-refractivity contribution in [3.05, 3.63) is 30.4 Å². The Kier molecular flexibility index (Phi) is 2.15. The van der Waals surface area contributed by atoms with Gasteiger partial charge in [0.25, 0.3) is 0 Å². The maximum absolute atomic E-state index is 3.90. The maximum Gasteiger partial charge on any atom is 0.115 e. The van der Waals surface area contributed by atoms with Crippen LogP contribution in [-0.4, -0.2) is 9.97 Å². The molecular formula is C8H10N2. The van der Waals surface area contributed by atoms with Crippen molar-refractivity contribution in [2.24, 2.45) is 0 Å².